The molecule has 1 rings (SSSR count). The Morgan fingerprint density at radius 1 is 1.32 bits per heavy atom. The van der Waals surface area contributed by atoms with Crippen molar-refractivity contribution >= 4 is 5.97 Å². The number of carbonyl (C=O) groups is 1. The molecule has 0 fully saturated rings. The number of unbranched alkanes of at least 4 members (excludes halogenated alkanes) is 1. The summed E-state index contributed by atoms with van der Waals surface area (Å²) in [5.41, 5.74) is -1.78. The van der Waals surface area contributed by atoms with Crippen molar-refractivity contribution in [1.82, 2.24) is 9.55 Å². The van der Waals surface area contributed by atoms with Crippen molar-refractivity contribution in [3.05, 3.63) is 32.6 Å². The lowest BCUT2D eigenvalue weighted by Crippen LogP contribution is -2.35. The lowest BCUT2D eigenvalue weighted by molar-refractivity contribution is 0.0693. The number of aromatic amines is 1. The lowest BCUT2D eigenvalue weighted by atomic mass is 10.0. The van der Waals surface area contributed by atoms with Gasteiger partial charge in [-0.1, -0.05) is 33.1 Å². The van der Waals surface area contributed by atoms with Gasteiger partial charge in [-0.3, -0.25) is 14.3 Å². The Balaban J connectivity index is 3.21. The molecule has 6 nitrogen and oxygen atoms in total. The van der Waals surface area contributed by atoms with Crippen LogP contribution in [0.5, 0.6) is 0 Å². The molecule has 0 aromatic carbocycles. The van der Waals surface area contributed by atoms with Crippen LogP contribution >= 0.6 is 0 Å². The number of carboxylic acids is 1. The van der Waals surface area contributed by atoms with Crippen LogP contribution < -0.4 is 11.2 Å². The summed E-state index contributed by atoms with van der Waals surface area (Å²) in [4.78, 5) is 36.2. The van der Waals surface area contributed by atoms with Crippen molar-refractivity contribution in [2.45, 2.75) is 52.0 Å². The molecule has 0 aliphatic carbocycles. The third-order valence-electron chi connectivity index (χ3n) is 3.10. The highest BCUT2D eigenvalue weighted by atomic mass is 16.4. The summed E-state index contributed by atoms with van der Waals surface area (Å²) < 4.78 is 1.35. The zero-order valence-electron chi connectivity index (χ0n) is 11.3. The van der Waals surface area contributed by atoms with E-state index < -0.39 is 22.8 Å². The van der Waals surface area contributed by atoms with E-state index in [2.05, 4.69) is 11.9 Å². The van der Waals surface area contributed by atoms with Crippen molar-refractivity contribution in [2.24, 2.45) is 0 Å². The third kappa shape index (κ3) is 3.81. The van der Waals surface area contributed by atoms with E-state index in [-0.39, 0.29) is 6.04 Å². The van der Waals surface area contributed by atoms with E-state index in [0.717, 1.165) is 32.1 Å². The molecule has 0 bridgehead atoms. The van der Waals surface area contributed by atoms with Crippen molar-refractivity contribution in [2.75, 3.05) is 0 Å². The number of nitrogens with zero attached hydrogens (tertiary/aromatic N) is 1. The molecule has 6 heteroatoms. The van der Waals surface area contributed by atoms with Crippen molar-refractivity contribution < 1.29 is 9.90 Å². The molecule has 0 spiro atoms. The molecule has 0 radical (unpaired) electrons. The average Bonchev–Trinajstić information content (AvgIpc) is 2.34. The van der Waals surface area contributed by atoms with Gasteiger partial charge in [0.2, 0.25) is 0 Å². The molecule has 1 atom stereocenters. The minimum absolute atomic E-state index is 0.0626. The number of hydrogen-bond acceptors (Lipinski definition) is 3. The standard InChI is InChI=1S/C13H20N2O4/c1-3-5-7-9(6-4-2)15-8-10(12(17)18)11(16)14-13(15)19/h8-9H,3-7H2,1-2H3,(H,17,18)(H,14,16,19). The molecule has 1 aromatic heterocycles. The summed E-state index contributed by atoms with van der Waals surface area (Å²) >= 11 is 0. The molecule has 1 unspecified atom stereocenters. The summed E-state index contributed by atoms with van der Waals surface area (Å²) in [6.07, 6.45) is 5.60. The monoisotopic (exact) mass is 268 g/mol. The number of hydrogen-bond donors (Lipinski definition) is 2. The van der Waals surface area contributed by atoms with E-state index in [0.29, 0.717) is 0 Å². The molecule has 1 heterocycles. The fraction of sp³-hybridized carbons (Fsp3) is 0.615. The first-order chi connectivity index (χ1) is 9.01. The van der Waals surface area contributed by atoms with Gasteiger partial charge in [0.15, 0.2) is 0 Å². The second-order valence-corrected chi connectivity index (χ2v) is 4.60. The van der Waals surface area contributed by atoms with Crippen LogP contribution in [-0.4, -0.2) is 20.6 Å². The smallest absolute Gasteiger partial charge is 0.342 e. The second kappa shape index (κ2) is 6.92. The van der Waals surface area contributed by atoms with E-state index in [4.69, 9.17) is 5.11 Å². The molecule has 0 amide bonds. The van der Waals surface area contributed by atoms with Gasteiger partial charge in [0.1, 0.15) is 5.56 Å². The van der Waals surface area contributed by atoms with Gasteiger partial charge in [0.25, 0.3) is 5.56 Å². The normalized spacial score (nSPS) is 12.3. The largest absolute Gasteiger partial charge is 0.477 e. The Morgan fingerprint density at radius 2 is 2.00 bits per heavy atom. The van der Waals surface area contributed by atoms with E-state index in [1.807, 2.05) is 6.92 Å². The Kier molecular flexibility index (Phi) is 5.54. The second-order valence-electron chi connectivity index (χ2n) is 4.60. The van der Waals surface area contributed by atoms with Gasteiger partial charge in [-0.05, 0) is 12.8 Å². The first-order valence-corrected chi connectivity index (χ1v) is 6.60. The fourth-order valence-electron chi connectivity index (χ4n) is 2.10. The van der Waals surface area contributed by atoms with Gasteiger partial charge in [-0.25, -0.2) is 9.59 Å². The van der Waals surface area contributed by atoms with Gasteiger partial charge in [-0.2, -0.15) is 0 Å². The number of nitrogens with one attached hydrogen (secondary N) is 1. The Bertz CT molecular complexity index is 544. The van der Waals surface area contributed by atoms with E-state index >= 15 is 0 Å². The third-order valence-corrected chi connectivity index (χ3v) is 3.10. The Morgan fingerprint density at radius 3 is 2.53 bits per heavy atom. The van der Waals surface area contributed by atoms with E-state index in [1.165, 1.54) is 10.8 Å². The van der Waals surface area contributed by atoms with Crippen molar-refractivity contribution in [3.63, 3.8) is 0 Å². The summed E-state index contributed by atoms with van der Waals surface area (Å²) in [7, 11) is 0. The maximum Gasteiger partial charge on any atom is 0.342 e. The zero-order valence-corrected chi connectivity index (χ0v) is 11.3. The molecule has 0 aliphatic heterocycles. The van der Waals surface area contributed by atoms with Crippen LogP contribution in [0, 0.1) is 0 Å². The van der Waals surface area contributed by atoms with Crippen LogP contribution in [0.1, 0.15) is 62.4 Å². The highest BCUT2D eigenvalue weighted by molar-refractivity contribution is 5.86. The molecular formula is C13H20N2O4. The summed E-state index contributed by atoms with van der Waals surface area (Å²) in [5, 5.41) is 8.93. The number of rotatable bonds is 7. The van der Waals surface area contributed by atoms with Crippen LogP contribution in [0.15, 0.2) is 15.8 Å². The van der Waals surface area contributed by atoms with E-state index in [1.54, 1.807) is 0 Å². The molecule has 19 heavy (non-hydrogen) atoms. The van der Waals surface area contributed by atoms with Gasteiger partial charge in [-0.15, -0.1) is 0 Å². The van der Waals surface area contributed by atoms with Gasteiger partial charge >= 0.3 is 11.7 Å². The quantitative estimate of drug-likeness (QED) is 0.788. The number of aromatic carboxylic acids is 1. The molecular weight excluding hydrogens is 248 g/mol. The van der Waals surface area contributed by atoms with Gasteiger partial charge in [0, 0.05) is 12.2 Å². The topological polar surface area (TPSA) is 92.2 Å². The summed E-state index contributed by atoms with van der Waals surface area (Å²) in [6.45, 7) is 4.06. The highest BCUT2D eigenvalue weighted by Gasteiger charge is 2.16. The van der Waals surface area contributed by atoms with Crippen molar-refractivity contribution in [3.8, 4) is 0 Å². The maximum atomic E-state index is 11.8. The van der Waals surface area contributed by atoms with Gasteiger partial charge in [0.05, 0.1) is 0 Å². The molecule has 0 saturated heterocycles. The summed E-state index contributed by atoms with van der Waals surface area (Å²) in [5.74, 6) is -1.32. The van der Waals surface area contributed by atoms with Crippen LogP contribution in [0.2, 0.25) is 0 Å². The molecule has 1 aromatic rings. The van der Waals surface area contributed by atoms with Crippen molar-refractivity contribution in [1.29, 1.82) is 0 Å². The predicted octanol–water partition coefficient (Wildman–Crippen LogP) is 1.77. The minimum atomic E-state index is -1.32. The highest BCUT2D eigenvalue weighted by Crippen LogP contribution is 2.18. The minimum Gasteiger partial charge on any atom is -0.477 e. The molecule has 2 N–H and O–H groups in total. The fourth-order valence-corrected chi connectivity index (χ4v) is 2.10. The zero-order chi connectivity index (χ0) is 14.4. The van der Waals surface area contributed by atoms with E-state index in [9.17, 15) is 14.4 Å². The SMILES string of the molecule is CCCCC(CCC)n1cc(C(=O)O)c(=O)[nH]c1=O. The van der Waals surface area contributed by atoms with Crippen LogP contribution in [0.4, 0.5) is 0 Å². The Hall–Kier alpha value is -1.85. The molecule has 0 saturated carbocycles. The first-order valence-electron chi connectivity index (χ1n) is 6.60. The average molecular weight is 268 g/mol. The summed E-state index contributed by atoms with van der Waals surface area (Å²) in [6, 6.07) is -0.0626. The van der Waals surface area contributed by atoms with Crippen LogP contribution in [0.25, 0.3) is 0 Å². The Labute approximate surface area is 111 Å². The molecule has 0 aliphatic rings. The predicted molar refractivity (Wildman–Crippen MR) is 71.8 cm³/mol. The van der Waals surface area contributed by atoms with Crippen LogP contribution in [-0.2, 0) is 0 Å². The number of aromatic nitrogens is 2. The van der Waals surface area contributed by atoms with Crippen LogP contribution in [0.3, 0.4) is 0 Å². The molecule has 106 valence electrons. The number of carboxylic acid groups (broad SMARTS) is 1. The lowest BCUT2D eigenvalue weighted by Gasteiger charge is -2.18. The first kappa shape index (κ1) is 15.2. The maximum absolute atomic E-state index is 11.8. The number of H-pyrrole nitrogens is 1. The van der Waals surface area contributed by atoms with Gasteiger partial charge < -0.3 is 5.11 Å².